The molecule has 0 aromatic heterocycles. The number of thioether (sulfide) groups is 1. The van der Waals surface area contributed by atoms with Gasteiger partial charge in [-0.25, -0.2) is 0 Å². The normalized spacial score (nSPS) is 25.2. The zero-order valence-corrected chi connectivity index (χ0v) is 12.4. The molecule has 1 N–H and O–H groups in total. The Balaban J connectivity index is 1.98. The molecular weight excluding hydrogens is 256 g/mol. The quantitative estimate of drug-likeness (QED) is 0.802. The van der Waals surface area contributed by atoms with E-state index in [0.29, 0.717) is 11.9 Å². The molecule has 3 heteroatoms. The molecule has 0 aliphatic carbocycles. The number of rotatable bonds is 6. The van der Waals surface area contributed by atoms with Gasteiger partial charge >= 0.3 is 0 Å². The molecule has 1 saturated heterocycles. The standard InChI is InChI=1S/C16H24O2S/c1-2-3-9-16(15-12-13(17)10-11-18-15)19-14-7-5-4-6-8-14/h4-8,13,15-17H,2-3,9-12H2,1H3/t13-,15+,16+/m1/s1. The van der Waals surface area contributed by atoms with Crippen molar-refractivity contribution in [2.45, 2.75) is 61.4 Å². The van der Waals surface area contributed by atoms with E-state index in [0.717, 1.165) is 19.3 Å². The summed E-state index contributed by atoms with van der Waals surface area (Å²) in [5.41, 5.74) is 0. The Morgan fingerprint density at radius 1 is 1.37 bits per heavy atom. The highest BCUT2D eigenvalue weighted by atomic mass is 32.2. The molecule has 1 heterocycles. The lowest BCUT2D eigenvalue weighted by molar-refractivity contribution is -0.0441. The minimum absolute atomic E-state index is 0.181. The zero-order valence-electron chi connectivity index (χ0n) is 11.6. The number of hydrogen-bond donors (Lipinski definition) is 1. The lowest BCUT2D eigenvalue weighted by Gasteiger charge is -2.32. The van der Waals surface area contributed by atoms with Gasteiger partial charge in [0.2, 0.25) is 0 Å². The third-order valence-corrected chi connectivity index (χ3v) is 4.96. The smallest absolute Gasteiger partial charge is 0.0721 e. The zero-order chi connectivity index (χ0) is 13.5. The molecular formula is C16H24O2S. The van der Waals surface area contributed by atoms with Gasteiger partial charge in [-0.1, -0.05) is 38.0 Å². The van der Waals surface area contributed by atoms with Gasteiger partial charge in [0.1, 0.15) is 0 Å². The fraction of sp³-hybridized carbons (Fsp3) is 0.625. The van der Waals surface area contributed by atoms with Gasteiger partial charge in [0.05, 0.1) is 12.2 Å². The maximum atomic E-state index is 9.83. The van der Waals surface area contributed by atoms with Crippen molar-refractivity contribution in [3.05, 3.63) is 30.3 Å². The van der Waals surface area contributed by atoms with Gasteiger partial charge in [-0.2, -0.15) is 0 Å². The molecule has 0 saturated carbocycles. The van der Waals surface area contributed by atoms with Crippen molar-refractivity contribution < 1.29 is 9.84 Å². The summed E-state index contributed by atoms with van der Waals surface area (Å²) < 4.78 is 5.90. The molecule has 1 fully saturated rings. The average Bonchev–Trinajstić information content (AvgIpc) is 2.44. The first-order chi connectivity index (χ1) is 9.29. The van der Waals surface area contributed by atoms with E-state index in [4.69, 9.17) is 4.74 Å². The topological polar surface area (TPSA) is 29.5 Å². The summed E-state index contributed by atoms with van der Waals surface area (Å²) in [5, 5.41) is 10.3. The Morgan fingerprint density at radius 3 is 2.84 bits per heavy atom. The molecule has 0 unspecified atom stereocenters. The Bertz CT molecular complexity index is 355. The minimum atomic E-state index is -0.181. The van der Waals surface area contributed by atoms with Crippen molar-refractivity contribution in [2.24, 2.45) is 0 Å². The van der Waals surface area contributed by atoms with Gasteiger partial charge in [-0.3, -0.25) is 0 Å². The van der Waals surface area contributed by atoms with Gasteiger partial charge in [-0.15, -0.1) is 11.8 Å². The fourth-order valence-corrected chi connectivity index (χ4v) is 3.76. The average molecular weight is 280 g/mol. The molecule has 2 nitrogen and oxygen atoms in total. The van der Waals surface area contributed by atoms with Crippen LogP contribution in [0.15, 0.2) is 35.2 Å². The number of ether oxygens (including phenoxy) is 1. The van der Waals surface area contributed by atoms with Crippen LogP contribution >= 0.6 is 11.8 Å². The third kappa shape index (κ3) is 4.83. The number of aliphatic hydroxyl groups excluding tert-OH is 1. The van der Waals surface area contributed by atoms with Crippen molar-refractivity contribution in [2.75, 3.05) is 6.61 Å². The number of aliphatic hydroxyl groups is 1. The summed E-state index contributed by atoms with van der Waals surface area (Å²) in [6, 6.07) is 10.5. The first-order valence-electron chi connectivity index (χ1n) is 7.31. The summed E-state index contributed by atoms with van der Waals surface area (Å²) in [6.07, 6.45) is 5.18. The predicted octanol–water partition coefficient (Wildman–Crippen LogP) is 3.88. The molecule has 3 atom stereocenters. The molecule has 0 radical (unpaired) electrons. The third-order valence-electron chi connectivity index (χ3n) is 3.57. The van der Waals surface area contributed by atoms with Crippen LogP contribution in [0.25, 0.3) is 0 Å². The molecule has 106 valence electrons. The van der Waals surface area contributed by atoms with E-state index in [1.165, 1.54) is 17.7 Å². The highest BCUT2D eigenvalue weighted by Crippen LogP contribution is 2.33. The van der Waals surface area contributed by atoms with Gasteiger partial charge < -0.3 is 9.84 Å². The molecule has 0 bridgehead atoms. The Morgan fingerprint density at radius 2 is 2.16 bits per heavy atom. The molecule has 1 aromatic carbocycles. The van der Waals surface area contributed by atoms with E-state index >= 15 is 0 Å². The predicted molar refractivity (Wildman–Crippen MR) is 80.6 cm³/mol. The summed E-state index contributed by atoms with van der Waals surface area (Å²) >= 11 is 1.90. The van der Waals surface area contributed by atoms with Gasteiger partial charge in [0.25, 0.3) is 0 Å². The molecule has 0 amide bonds. The van der Waals surface area contributed by atoms with E-state index in [9.17, 15) is 5.11 Å². The van der Waals surface area contributed by atoms with Crippen LogP contribution < -0.4 is 0 Å². The largest absolute Gasteiger partial charge is 0.393 e. The highest BCUT2D eigenvalue weighted by molar-refractivity contribution is 8.00. The van der Waals surface area contributed by atoms with Crippen LogP contribution in [0.4, 0.5) is 0 Å². The van der Waals surface area contributed by atoms with Crippen LogP contribution in [0.1, 0.15) is 39.0 Å². The van der Waals surface area contributed by atoms with Gasteiger partial charge in [0, 0.05) is 23.2 Å². The van der Waals surface area contributed by atoms with Crippen LogP contribution in [0.5, 0.6) is 0 Å². The van der Waals surface area contributed by atoms with Gasteiger partial charge in [-0.05, 0) is 25.0 Å². The maximum absolute atomic E-state index is 9.83. The van der Waals surface area contributed by atoms with Crippen molar-refractivity contribution in [3.8, 4) is 0 Å². The van der Waals surface area contributed by atoms with Crippen molar-refractivity contribution in [3.63, 3.8) is 0 Å². The lowest BCUT2D eigenvalue weighted by atomic mass is 10.0. The number of hydrogen-bond acceptors (Lipinski definition) is 3. The van der Waals surface area contributed by atoms with E-state index in [2.05, 4.69) is 31.2 Å². The van der Waals surface area contributed by atoms with Crippen molar-refractivity contribution in [1.82, 2.24) is 0 Å². The molecule has 1 aliphatic rings. The maximum Gasteiger partial charge on any atom is 0.0721 e. The minimum Gasteiger partial charge on any atom is -0.393 e. The monoisotopic (exact) mass is 280 g/mol. The number of unbranched alkanes of at least 4 members (excludes halogenated alkanes) is 1. The second kappa shape index (κ2) is 7.93. The summed E-state index contributed by atoms with van der Waals surface area (Å²) in [5.74, 6) is 0. The molecule has 1 aliphatic heterocycles. The Kier molecular flexibility index (Phi) is 6.21. The second-order valence-electron chi connectivity index (χ2n) is 5.20. The first kappa shape index (κ1) is 14.9. The number of benzene rings is 1. The van der Waals surface area contributed by atoms with Crippen molar-refractivity contribution in [1.29, 1.82) is 0 Å². The fourth-order valence-electron chi connectivity index (χ4n) is 2.47. The van der Waals surface area contributed by atoms with E-state index < -0.39 is 0 Å². The van der Waals surface area contributed by atoms with Crippen molar-refractivity contribution >= 4 is 11.8 Å². The van der Waals surface area contributed by atoms with Crippen LogP contribution in [0.2, 0.25) is 0 Å². The molecule has 0 spiro atoms. The lowest BCUT2D eigenvalue weighted by Crippen LogP contribution is -2.36. The van der Waals surface area contributed by atoms with Crippen LogP contribution in [-0.4, -0.2) is 29.2 Å². The highest BCUT2D eigenvalue weighted by Gasteiger charge is 2.28. The van der Waals surface area contributed by atoms with E-state index in [1.54, 1.807) is 0 Å². The van der Waals surface area contributed by atoms with Crippen LogP contribution in [0.3, 0.4) is 0 Å². The summed E-state index contributed by atoms with van der Waals surface area (Å²) in [4.78, 5) is 1.30. The first-order valence-corrected chi connectivity index (χ1v) is 8.19. The van der Waals surface area contributed by atoms with Crippen LogP contribution in [0, 0.1) is 0 Å². The summed E-state index contributed by atoms with van der Waals surface area (Å²) in [7, 11) is 0. The Labute approximate surface area is 120 Å². The van der Waals surface area contributed by atoms with E-state index in [-0.39, 0.29) is 12.2 Å². The van der Waals surface area contributed by atoms with Gasteiger partial charge in [0.15, 0.2) is 0 Å². The molecule has 19 heavy (non-hydrogen) atoms. The van der Waals surface area contributed by atoms with E-state index in [1.807, 2.05) is 17.8 Å². The Hall–Kier alpha value is -0.510. The SMILES string of the molecule is CCCC[C@H](Sc1ccccc1)[C@@H]1C[C@H](O)CCO1. The summed E-state index contributed by atoms with van der Waals surface area (Å²) in [6.45, 7) is 2.92. The molecule has 2 rings (SSSR count). The second-order valence-corrected chi connectivity index (χ2v) is 6.51. The molecule has 1 aromatic rings. The van der Waals surface area contributed by atoms with Crippen LogP contribution in [-0.2, 0) is 4.74 Å².